The minimum atomic E-state index is 0.291. The zero-order valence-electron chi connectivity index (χ0n) is 13.3. The van der Waals surface area contributed by atoms with E-state index in [0.717, 1.165) is 55.8 Å². The smallest absolute Gasteiger partial charge is 0.223 e. The average Bonchev–Trinajstić information content (AvgIpc) is 2.61. The van der Waals surface area contributed by atoms with Gasteiger partial charge in [0.25, 0.3) is 0 Å². The lowest BCUT2D eigenvalue weighted by Gasteiger charge is -2.36. The number of thioether (sulfide) groups is 1. The van der Waals surface area contributed by atoms with Crippen LogP contribution in [0.5, 0.6) is 0 Å². The monoisotopic (exact) mass is 353 g/mol. The van der Waals surface area contributed by atoms with E-state index in [2.05, 4.69) is 22.3 Å². The zero-order chi connectivity index (χ0) is 16.1. The molecule has 1 atom stereocenters. The summed E-state index contributed by atoms with van der Waals surface area (Å²) in [5.74, 6) is 2.52. The molecular weight excluding hydrogens is 330 g/mol. The number of nitrogens with one attached hydrogen (secondary N) is 1. The molecule has 126 valence electrons. The van der Waals surface area contributed by atoms with Gasteiger partial charge in [-0.05, 0) is 17.7 Å². The molecule has 2 aliphatic heterocycles. The van der Waals surface area contributed by atoms with Crippen molar-refractivity contribution in [1.29, 1.82) is 0 Å². The third-order valence-electron chi connectivity index (χ3n) is 4.58. The first-order valence-corrected chi connectivity index (χ1v) is 9.83. The molecule has 2 fully saturated rings. The van der Waals surface area contributed by atoms with Crippen molar-refractivity contribution in [3.05, 3.63) is 34.9 Å². The van der Waals surface area contributed by atoms with Crippen molar-refractivity contribution >= 4 is 29.3 Å². The maximum absolute atomic E-state index is 12.4. The van der Waals surface area contributed by atoms with Crippen LogP contribution in [0.15, 0.2) is 24.3 Å². The molecule has 0 saturated carbocycles. The maximum atomic E-state index is 12.4. The summed E-state index contributed by atoms with van der Waals surface area (Å²) in [7, 11) is 0. The Bertz CT molecular complexity index is 519. The highest BCUT2D eigenvalue weighted by atomic mass is 35.5. The molecule has 2 heterocycles. The molecule has 0 aromatic heterocycles. The van der Waals surface area contributed by atoms with Crippen LogP contribution in [-0.4, -0.2) is 66.5 Å². The summed E-state index contributed by atoms with van der Waals surface area (Å²) in [6.45, 7) is 5.41. The molecular formula is C17H24ClN3OS. The number of hydrogen-bond donors (Lipinski definition) is 1. The van der Waals surface area contributed by atoms with Crippen LogP contribution in [0.4, 0.5) is 0 Å². The molecule has 2 aliphatic rings. The lowest BCUT2D eigenvalue weighted by atomic mass is 10.1. The van der Waals surface area contributed by atoms with Gasteiger partial charge in [-0.25, -0.2) is 0 Å². The maximum Gasteiger partial charge on any atom is 0.223 e. The molecule has 2 saturated heterocycles. The summed E-state index contributed by atoms with van der Waals surface area (Å²) in [5.41, 5.74) is 1.30. The molecule has 0 aliphatic carbocycles. The number of benzene rings is 1. The predicted octanol–water partition coefficient (Wildman–Crippen LogP) is 2.25. The van der Waals surface area contributed by atoms with E-state index in [1.54, 1.807) is 0 Å². The Labute approximate surface area is 147 Å². The van der Waals surface area contributed by atoms with Gasteiger partial charge in [0.2, 0.25) is 5.91 Å². The van der Waals surface area contributed by atoms with Gasteiger partial charge in [0, 0.05) is 68.3 Å². The number of hydrogen-bond acceptors (Lipinski definition) is 4. The summed E-state index contributed by atoms with van der Waals surface area (Å²) in [5, 5.41) is 4.07. The molecule has 0 radical (unpaired) electrons. The van der Waals surface area contributed by atoms with Crippen LogP contribution >= 0.6 is 23.4 Å². The second-order valence-corrected chi connectivity index (χ2v) is 7.65. The number of nitrogens with zero attached hydrogens (tertiary/aromatic N) is 2. The van der Waals surface area contributed by atoms with E-state index in [1.165, 1.54) is 5.56 Å². The molecule has 1 amide bonds. The van der Waals surface area contributed by atoms with Crippen molar-refractivity contribution in [3.63, 3.8) is 0 Å². The van der Waals surface area contributed by atoms with Crippen LogP contribution in [0, 0.1) is 0 Å². The van der Waals surface area contributed by atoms with Crippen molar-refractivity contribution in [2.75, 3.05) is 50.8 Å². The van der Waals surface area contributed by atoms with Crippen molar-refractivity contribution < 1.29 is 4.79 Å². The van der Waals surface area contributed by atoms with Gasteiger partial charge in [-0.2, -0.15) is 11.8 Å². The van der Waals surface area contributed by atoms with E-state index < -0.39 is 0 Å². The third kappa shape index (κ3) is 4.63. The quantitative estimate of drug-likeness (QED) is 0.900. The Morgan fingerprint density at radius 1 is 1.22 bits per heavy atom. The van der Waals surface area contributed by atoms with Crippen LogP contribution in [0.1, 0.15) is 18.0 Å². The highest BCUT2D eigenvalue weighted by Crippen LogP contribution is 2.30. The van der Waals surface area contributed by atoms with E-state index in [9.17, 15) is 4.79 Å². The summed E-state index contributed by atoms with van der Waals surface area (Å²) >= 11 is 7.99. The minimum absolute atomic E-state index is 0.291. The van der Waals surface area contributed by atoms with Gasteiger partial charge in [-0.1, -0.05) is 23.7 Å². The van der Waals surface area contributed by atoms with Crippen molar-refractivity contribution in [2.24, 2.45) is 0 Å². The Hall–Kier alpha value is -0.750. The molecule has 4 nitrogen and oxygen atoms in total. The number of piperazine rings is 1. The molecule has 1 N–H and O–H groups in total. The first-order chi connectivity index (χ1) is 11.2. The summed E-state index contributed by atoms with van der Waals surface area (Å²) in [4.78, 5) is 16.8. The number of halogens is 1. The van der Waals surface area contributed by atoms with Crippen molar-refractivity contribution in [1.82, 2.24) is 15.1 Å². The van der Waals surface area contributed by atoms with E-state index in [1.807, 2.05) is 28.8 Å². The SMILES string of the molecule is O=C(CCN1CCSCC1c1ccc(Cl)cc1)N1CCNCC1. The summed E-state index contributed by atoms with van der Waals surface area (Å²) < 4.78 is 0. The molecule has 1 aromatic carbocycles. The van der Waals surface area contributed by atoms with Crippen molar-refractivity contribution in [2.45, 2.75) is 12.5 Å². The van der Waals surface area contributed by atoms with E-state index in [0.29, 0.717) is 18.4 Å². The normalized spacial score (nSPS) is 23.0. The molecule has 1 aromatic rings. The molecule has 6 heteroatoms. The van der Waals surface area contributed by atoms with Gasteiger partial charge in [0.05, 0.1) is 0 Å². The molecule has 0 bridgehead atoms. The van der Waals surface area contributed by atoms with Gasteiger partial charge in [0.1, 0.15) is 0 Å². The third-order valence-corrected chi connectivity index (χ3v) is 5.85. The minimum Gasteiger partial charge on any atom is -0.340 e. The molecule has 1 unspecified atom stereocenters. The summed E-state index contributed by atoms with van der Waals surface area (Å²) in [6.07, 6.45) is 0.620. The second kappa shape index (κ2) is 8.38. The van der Waals surface area contributed by atoms with E-state index in [4.69, 9.17) is 11.6 Å². The summed E-state index contributed by atoms with van der Waals surface area (Å²) in [6, 6.07) is 8.54. The number of rotatable bonds is 4. The number of carbonyl (C=O) groups excluding carboxylic acids is 1. The lowest BCUT2D eigenvalue weighted by molar-refractivity contribution is -0.132. The van der Waals surface area contributed by atoms with Crippen LogP contribution in [0.25, 0.3) is 0 Å². The Balaban J connectivity index is 1.58. The Kier molecular flexibility index (Phi) is 6.22. The van der Waals surface area contributed by atoms with Gasteiger partial charge in [-0.3, -0.25) is 9.69 Å². The molecule has 0 spiro atoms. The average molecular weight is 354 g/mol. The van der Waals surface area contributed by atoms with Gasteiger partial charge in [-0.15, -0.1) is 0 Å². The highest BCUT2D eigenvalue weighted by molar-refractivity contribution is 7.99. The van der Waals surface area contributed by atoms with E-state index in [-0.39, 0.29) is 0 Å². The van der Waals surface area contributed by atoms with Crippen LogP contribution in [0.2, 0.25) is 5.02 Å². The topological polar surface area (TPSA) is 35.6 Å². The fourth-order valence-corrected chi connectivity index (χ4v) is 4.49. The fourth-order valence-electron chi connectivity index (χ4n) is 3.21. The first kappa shape index (κ1) is 17.1. The number of carbonyl (C=O) groups is 1. The highest BCUT2D eigenvalue weighted by Gasteiger charge is 2.25. The second-order valence-electron chi connectivity index (χ2n) is 6.06. The fraction of sp³-hybridized carbons (Fsp3) is 0.588. The van der Waals surface area contributed by atoms with Gasteiger partial charge < -0.3 is 10.2 Å². The largest absolute Gasteiger partial charge is 0.340 e. The van der Waals surface area contributed by atoms with Gasteiger partial charge in [0.15, 0.2) is 0 Å². The predicted molar refractivity (Wildman–Crippen MR) is 97.2 cm³/mol. The lowest BCUT2D eigenvalue weighted by Crippen LogP contribution is -2.47. The van der Waals surface area contributed by atoms with Crippen LogP contribution in [0.3, 0.4) is 0 Å². The van der Waals surface area contributed by atoms with Gasteiger partial charge >= 0.3 is 0 Å². The first-order valence-electron chi connectivity index (χ1n) is 8.30. The number of amides is 1. The van der Waals surface area contributed by atoms with Crippen LogP contribution < -0.4 is 5.32 Å². The molecule has 3 rings (SSSR count). The Morgan fingerprint density at radius 3 is 2.70 bits per heavy atom. The van der Waals surface area contributed by atoms with Crippen molar-refractivity contribution in [3.8, 4) is 0 Å². The zero-order valence-corrected chi connectivity index (χ0v) is 14.9. The molecule has 23 heavy (non-hydrogen) atoms. The Morgan fingerprint density at radius 2 is 1.96 bits per heavy atom. The van der Waals surface area contributed by atoms with Crippen LogP contribution in [-0.2, 0) is 4.79 Å². The standard InChI is InChI=1S/C17H24ClN3OS/c18-15-3-1-14(2-4-15)16-13-23-12-11-20(16)8-5-17(22)21-9-6-19-7-10-21/h1-4,16,19H,5-13H2. The van der Waals surface area contributed by atoms with E-state index >= 15 is 0 Å².